The number of hydrogen-bond donors (Lipinski definition) is 1. The van der Waals surface area contributed by atoms with E-state index in [2.05, 4.69) is 10.1 Å². The molecule has 2 heterocycles. The number of anilines is 1. The van der Waals surface area contributed by atoms with Crippen molar-refractivity contribution in [2.45, 2.75) is 6.42 Å². The second-order valence-corrected chi connectivity index (χ2v) is 6.06. The summed E-state index contributed by atoms with van der Waals surface area (Å²) in [6, 6.07) is 9.55. The van der Waals surface area contributed by atoms with Gasteiger partial charge in [-0.2, -0.15) is 0 Å². The molecule has 0 aliphatic heterocycles. The molecule has 1 amide bonds. The van der Waals surface area contributed by atoms with Crippen molar-refractivity contribution >= 4 is 17.8 Å². The lowest BCUT2D eigenvalue weighted by Gasteiger charge is -2.14. The number of carbonyl (C=O) groups excluding carboxylic acids is 2. The molecule has 0 atom stereocenters. The van der Waals surface area contributed by atoms with Crippen molar-refractivity contribution in [1.82, 2.24) is 0 Å². The fraction of sp³-hybridized carbons (Fsp3) is 0.238. The summed E-state index contributed by atoms with van der Waals surface area (Å²) in [7, 11) is 5.88. The van der Waals surface area contributed by atoms with Gasteiger partial charge in [-0.25, -0.2) is 4.79 Å². The zero-order valence-electron chi connectivity index (χ0n) is 16.9. The molecule has 0 saturated heterocycles. The number of rotatable bonds is 8. The first-order valence-corrected chi connectivity index (χ1v) is 8.86. The van der Waals surface area contributed by atoms with Crippen LogP contribution in [0.2, 0.25) is 0 Å². The van der Waals surface area contributed by atoms with Crippen LogP contribution in [-0.4, -0.2) is 40.3 Å². The maximum atomic E-state index is 12.4. The first-order valence-electron chi connectivity index (χ1n) is 8.86. The number of benzene rings is 1. The molecule has 0 radical (unpaired) electrons. The number of ether oxygens (including phenoxy) is 4. The summed E-state index contributed by atoms with van der Waals surface area (Å²) in [5, 5.41) is 2.52. The van der Waals surface area contributed by atoms with E-state index in [0.717, 1.165) is 5.56 Å². The quantitative estimate of drug-likeness (QED) is 0.557. The highest BCUT2D eigenvalue weighted by atomic mass is 16.5. The molecule has 0 spiro atoms. The van der Waals surface area contributed by atoms with Gasteiger partial charge in [0.1, 0.15) is 23.0 Å². The minimum absolute atomic E-state index is 0.0216. The Labute approximate surface area is 172 Å². The Balaban J connectivity index is 1.76. The molecule has 0 aliphatic carbocycles. The predicted molar refractivity (Wildman–Crippen MR) is 106 cm³/mol. The summed E-state index contributed by atoms with van der Waals surface area (Å²) in [5.41, 5.74) is 0.746. The topological polar surface area (TPSA) is 109 Å². The number of methoxy groups -OCH3 is 4. The molecule has 0 unspecified atom stereocenters. The van der Waals surface area contributed by atoms with E-state index >= 15 is 0 Å². The van der Waals surface area contributed by atoms with E-state index in [9.17, 15) is 9.59 Å². The van der Waals surface area contributed by atoms with Gasteiger partial charge in [-0.05, 0) is 18.2 Å². The van der Waals surface area contributed by atoms with Crippen LogP contribution < -0.4 is 19.5 Å². The van der Waals surface area contributed by atoms with Gasteiger partial charge < -0.3 is 27.8 Å². The largest absolute Gasteiger partial charge is 0.496 e. The van der Waals surface area contributed by atoms with E-state index in [0.29, 0.717) is 29.4 Å². The molecular formula is C21H21NO8. The molecule has 9 nitrogen and oxygen atoms in total. The van der Waals surface area contributed by atoms with Gasteiger partial charge in [0.15, 0.2) is 5.76 Å². The third-order valence-corrected chi connectivity index (χ3v) is 4.28. The molecule has 0 fully saturated rings. The average molecular weight is 415 g/mol. The molecule has 9 heteroatoms. The monoisotopic (exact) mass is 415 g/mol. The van der Waals surface area contributed by atoms with Gasteiger partial charge in [0.25, 0.3) is 5.91 Å². The van der Waals surface area contributed by atoms with Crippen molar-refractivity contribution in [2.75, 3.05) is 33.8 Å². The average Bonchev–Trinajstić information content (AvgIpc) is 3.43. The first kappa shape index (κ1) is 20.8. The lowest BCUT2D eigenvalue weighted by Crippen LogP contribution is -2.10. The van der Waals surface area contributed by atoms with E-state index < -0.39 is 11.9 Å². The van der Waals surface area contributed by atoms with E-state index in [1.165, 1.54) is 25.3 Å². The van der Waals surface area contributed by atoms with Gasteiger partial charge in [-0.15, -0.1) is 0 Å². The maximum Gasteiger partial charge on any atom is 0.374 e. The number of hydrogen-bond acceptors (Lipinski definition) is 8. The van der Waals surface area contributed by atoms with Gasteiger partial charge >= 0.3 is 5.97 Å². The van der Waals surface area contributed by atoms with Crippen LogP contribution in [-0.2, 0) is 11.2 Å². The summed E-state index contributed by atoms with van der Waals surface area (Å²) in [5.74, 6) is 1.24. The Bertz CT molecular complexity index is 1020. The molecular weight excluding hydrogens is 394 g/mol. The van der Waals surface area contributed by atoms with Gasteiger partial charge in [-0.1, -0.05) is 0 Å². The molecule has 1 aromatic carbocycles. The van der Waals surface area contributed by atoms with Crippen molar-refractivity contribution in [3.8, 4) is 17.2 Å². The van der Waals surface area contributed by atoms with Crippen LogP contribution in [0.3, 0.4) is 0 Å². The first-order chi connectivity index (χ1) is 14.5. The summed E-state index contributed by atoms with van der Waals surface area (Å²) in [6.45, 7) is 0. The minimum atomic E-state index is -0.641. The SMILES string of the molecule is COC(=O)c1ccc(NC(=O)c2ccc(Cc3c(OC)cc(OC)cc3OC)o2)o1. The predicted octanol–water partition coefficient (Wildman–Crippen LogP) is 3.53. The molecule has 1 N–H and O–H groups in total. The van der Waals surface area contributed by atoms with Crippen LogP contribution in [0.1, 0.15) is 32.4 Å². The molecule has 3 aromatic rings. The normalized spacial score (nSPS) is 10.4. The van der Waals surface area contributed by atoms with E-state index in [-0.39, 0.29) is 17.4 Å². The molecule has 2 aromatic heterocycles. The third kappa shape index (κ3) is 4.40. The Kier molecular flexibility index (Phi) is 6.31. The summed E-state index contributed by atoms with van der Waals surface area (Å²) in [6.07, 6.45) is 0.330. The minimum Gasteiger partial charge on any atom is -0.496 e. The van der Waals surface area contributed by atoms with E-state index in [1.807, 2.05) is 0 Å². The summed E-state index contributed by atoms with van der Waals surface area (Å²) < 4.78 is 31.6. The van der Waals surface area contributed by atoms with Crippen LogP contribution in [0.5, 0.6) is 17.2 Å². The zero-order chi connectivity index (χ0) is 21.7. The number of nitrogens with one attached hydrogen (secondary N) is 1. The van der Waals surface area contributed by atoms with Crippen LogP contribution in [0.4, 0.5) is 5.88 Å². The lowest BCUT2D eigenvalue weighted by molar-refractivity contribution is 0.0565. The third-order valence-electron chi connectivity index (χ3n) is 4.28. The van der Waals surface area contributed by atoms with Crippen molar-refractivity contribution in [3.05, 3.63) is 59.2 Å². The molecule has 0 bridgehead atoms. The molecule has 0 saturated carbocycles. The van der Waals surface area contributed by atoms with Crippen LogP contribution in [0.25, 0.3) is 0 Å². The number of furan rings is 2. The van der Waals surface area contributed by atoms with Crippen molar-refractivity contribution in [1.29, 1.82) is 0 Å². The highest BCUT2D eigenvalue weighted by Gasteiger charge is 2.19. The van der Waals surface area contributed by atoms with Crippen molar-refractivity contribution < 1.29 is 37.4 Å². The Hall–Kier alpha value is -3.88. The fourth-order valence-electron chi connectivity index (χ4n) is 2.81. The Morgan fingerprint density at radius 1 is 0.867 bits per heavy atom. The van der Waals surface area contributed by atoms with Gasteiger partial charge in [-0.3, -0.25) is 10.1 Å². The van der Waals surface area contributed by atoms with Gasteiger partial charge in [0.2, 0.25) is 11.6 Å². The van der Waals surface area contributed by atoms with Crippen LogP contribution in [0.15, 0.2) is 45.2 Å². The highest BCUT2D eigenvalue weighted by Crippen LogP contribution is 2.35. The Morgan fingerprint density at radius 2 is 1.53 bits per heavy atom. The molecule has 0 aliphatic rings. The van der Waals surface area contributed by atoms with Crippen LogP contribution in [0, 0.1) is 0 Å². The van der Waals surface area contributed by atoms with Crippen molar-refractivity contribution in [2.24, 2.45) is 0 Å². The molecule has 30 heavy (non-hydrogen) atoms. The summed E-state index contributed by atoms with van der Waals surface area (Å²) in [4.78, 5) is 23.8. The second kappa shape index (κ2) is 9.08. The summed E-state index contributed by atoms with van der Waals surface area (Å²) >= 11 is 0. The maximum absolute atomic E-state index is 12.4. The van der Waals surface area contributed by atoms with Crippen molar-refractivity contribution in [3.63, 3.8) is 0 Å². The van der Waals surface area contributed by atoms with E-state index in [1.54, 1.807) is 39.5 Å². The number of carbonyl (C=O) groups is 2. The van der Waals surface area contributed by atoms with Crippen LogP contribution >= 0.6 is 0 Å². The highest BCUT2D eigenvalue weighted by molar-refractivity contribution is 6.01. The smallest absolute Gasteiger partial charge is 0.374 e. The fourth-order valence-corrected chi connectivity index (χ4v) is 2.81. The Morgan fingerprint density at radius 3 is 2.13 bits per heavy atom. The zero-order valence-corrected chi connectivity index (χ0v) is 16.9. The number of esters is 1. The van der Waals surface area contributed by atoms with E-state index in [4.69, 9.17) is 23.0 Å². The molecule has 158 valence electrons. The standard InChI is InChI=1S/C21H21NO8/c1-25-13-10-17(26-2)14(18(11-13)27-3)9-12-5-6-15(29-12)20(23)22-19-8-7-16(30-19)21(24)28-4/h5-8,10-11H,9H2,1-4H3,(H,22,23). The van der Waals surface area contributed by atoms with Gasteiger partial charge in [0.05, 0.1) is 28.4 Å². The van der Waals surface area contributed by atoms with Gasteiger partial charge in [0, 0.05) is 30.2 Å². The molecule has 3 rings (SSSR count). The lowest BCUT2D eigenvalue weighted by atomic mass is 10.1. The second-order valence-electron chi connectivity index (χ2n) is 6.06. The number of amides is 1.